The minimum atomic E-state index is -0.121. The highest BCUT2D eigenvalue weighted by molar-refractivity contribution is 8.02. The Bertz CT molecular complexity index is 962. The van der Waals surface area contributed by atoms with Gasteiger partial charge in [-0.25, -0.2) is 5.43 Å². The molecule has 0 saturated heterocycles. The second-order valence-corrected chi connectivity index (χ2v) is 8.80. The fourth-order valence-corrected chi connectivity index (χ4v) is 5.02. The van der Waals surface area contributed by atoms with Crippen molar-refractivity contribution in [3.05, 3.63) is 83.0 Å². The molecule has 0 aromatic heterocycles. The topological polar surface area (TPSA) is 65.8 Å². The molecule has 1 aromatic carbocycles. The van der Waals surface area contributed by atoms with Gasteiger partial charge in [-0.15, -0.1) is 18.3 Å². The van der Waals surface area contributed by atoms with E-state index in [1.807, 2.05) is 59.0 Å². The highest BCUT2D eigenvalue weighted by Crippen LogP contribution is 2.39. The van der Waals surface area contributed by atoms with Gasteiger partial charge in [-0.2, -0.15) is 5.10 Å². The summed E-state index contributed by atoms with van der Waals surface area (Å²) in [5.74, 6) is -0.0361. The summed E-state index contributed by atoms with van der Waals surface area (Å²) in [6.07, 6.45) is 12.9. The number of carbonyl (C=O) groups is 1. The van der Waals surface area contributed by atoms with Crippen molar-refractivity contribution in [1.29, 1.82) is 0 Å². The van der Waals surface area contributed by atoms with Gasteiger partial charge in [0.15, 0.2) is 0 Å². The fraction of sp³-hybridized carbons (Fsp3) is 0.433. The summed E-state index contributed by atoms with van der Waals surface area (Å²) in [5, 5.41) is 8.45. The van der Waals surface area contributed by atoms with Crippen LogP contribution in [0.25, 0.3) is 0 Å². The van der Waals surface area contributed by atoms with Crippen molar-refractivity contribution in [2.75, 3.05) is 6.26 Å². The molecule has 3 atom stereocenters. The minimum absolute atomic E-state index is 0.0479. The molecule has 0 spiro atoms. The lowest BCUT2D eigenvalue weighted by molar-refractivity contribution is -0.117. The molecule has 2 aliphatic rings. The van der Waals surface area contributed by atoms with Crippen LogP contribution in [0.1, 0.15) is 71.9 Å². The van der Waals surface area contributed by atoms with Crippen molar-refractivity contribution in [3.63, 3.8) is 0 Å². The average Bonchev–Trinajstić information content (AvgIpc) is 3.05. The van der Waals surface area contributed by atoms with Crippen molar-refractivity contribution in [2.45, 2.75) is 72.4 Å². The summed E-state index contributed by atoms with van der Waals surface area (Å²) in [6, 6.07) is 10.6. The molecule has 0 radical (unpaired) electrons. The molecule has 2 aliphatic heterocycles. The molecule has 196 valence electrons. The fourth-order valence-electron chi connectivity index (χ4n) is 4.32. The summed E-state index contributed by atoms with van der Waals surface area (Å²) in [6.45, 7) is 17.7. The first-order valence-corrected chi connectivity index (χ1v) is 14.2. The van der Waals surface area contributed by atoms with E-state index in [9.17, 15) is 4.79 Å². The van der Waals surface area contributed by atoms with Crippen LogP contribution in [-0.4, -0.2) is 30.6 Å². The molecule has 0 saturated carbocycles. The summed E-state index contributed by atoms with van der Waals surface area (Å²) in [5.41, 5.74) is 6.75. The predicted octanol–water partition coefficient (Wildman–Crippen LogP) is 7.38. The van der Waals surface area contributed by atoms with E-state index in [2.05, 4.69) is 70.7 Å². The zero-order valence-corrected chi connectivity index (χ0v) is 23.7. The standard InChI is InChI=1S/C26H32N4OS.2C2H6/c1-5-10-19-14-20-15-21(11-6-2)28-25(18-12-8-7-9-13-18)22(24(32-4)17-27-3)16-23(20)29-30-26(19)31;2*1-2/h6-10,12-13,15,17,21-22,25,28H,2-3,5,11,14,16H2,1,4H3,(H,30,31);2*1-2H3/b19-10+,20-15?,24-17-;;. The zero-order chi connectivity index (χ0) is 26.9. The maximum Gasteiger partial charge on any atom is 0.267 e. The Morgan fingerprint density at radius 3 is 2.50 bits per heavy atom. The second-order valence-electron chi connectivity index (χ2n) is 7.92. The van der Waals surface area contributed by atoms with Crippen LogP contribution in [-0.2, 0) is 4.79 Å². The smallest absolute Gasteiger partial charge is 0.267 e. The lowest BCUT2D eigenvalue weighted by Crippen LogP contribution is -2.39. The number of allylic oxidation sites excluding steroid dienone is 2. The van der Waals surface area contributed by atoms with Gasteiger partial charge in [-0.1, -0.05) is 83.2 Å². The van der Waals surface area contributed by atoms with E-state index in [1.165, 1.54) is 5.56 Å². The lowest BCUT2D eigenvalue weighted by atomic mass is 9.82. The number of hydrogen-bond acceptors (Lipinski definition) is 5. The van der Waals surface area contributed by atoms with Gasteiger partial charge in [0.05, 0.1) is 5.71 Å². The van der Waals surface area contributed by atoms with Gasteiger partial charge in [0.25, 0.3) is 5.91 Å². The Kier molecular flexibility index (Phi) is 15.4. The predicted molar refractivity (Wildman–Crippen MR) is 160 cm³/mol. The van der Waals surface area contributed by atoms with Crippen LogP contribution in [0.4, 0.5) is 0 Å². The van der Waals surface area contributed by atoms with Crippen molar-refractivity contribution < 1.29 is 4.79 Å². The van der Waals surface area contributed by atoms with E-state index in [0.717, 1.165) is 34.6 Å². The van der Waals surface area contributed by atoms with E-state index >= 15 is 0 Å². The van der Waals surface area contributed by atoms with Gasteiger partial charge < -0.3 is 5.32 Å². The van der Waals surface area contributed by atoms with E-state index in [1.54, 1.807) is 11.8 Å². The molecule has 3 unspecified atom stereocenters. The largest absolute Gasteiger partial charge is 0.303 e. The third kappa shape index (κ3) is 8.75. The van der Waals surface area contributed by atoms with Crippen LogP contribution in [0.5, 0.6) is 0 Å². The summed E-state index contributed by atoms with van der Waals surface area (Å²) < 4.78 is 0. The van der Waals surface area contributed by atoms with Gasteiger partial charge in [-0.05, 0) is 37.0 Å². The van der Waals surface area contributed by atoms with Crippen LogP contribution < -0.4 is 10.7 Å². The first-order valence-electron chi connectivity index (χ1n) is 13.0. The number of hydrazone groups is 1. The third-order valence-corrected chi connectivity index (χ3v) is 6.68. The van der Waals surface area contributed by atoms with Gasteiger partial charge in [0.1, 0.15) is 0 Å². The number of fused-ring (bicyclic) bond motifs is 1. The van der Waals surface area contributed by atoms with Crippen LogP contribution >= 0.6 is 11.8 Å². The molecule has 0 fully saturated rings. The molecule has 2 N–H and O–H groups in total. The Balaban J connectivity index is 0.00000154. The Hall–Kier alpha value is -2.70. The number of carbonyl (C=O) groups excluding carboxylic acids is 1. The van der Waals surface area contributed by atoms with Gasteiger partial charge in [-0.3, -0.25) is 9.79 Å². The van der Waals surface area contributed by atoms with E-state index in [-0.39, 0.29) is 23.9 Å². The monoisotopic (exact) mass is 508 g/mol. The van der Waals surface area contributed by atoms with Crippen molar-refractivity contribution in [3.8, 4) is 0 Å². The Morgan fingerprint density at radius 1 is 1.22 bits per heavy atom. The highest BCUT2D eigenvalue weighted by Gasteiger charge is 2.33. The van der Waals surface area contributed by atoms with Crippen LogP contribution in [0.3, 0.4) is 0 Å². The summed E-state index contributed by atoms with van der Waals surface area (Å²) in [4.78, 5) is 17.8. The molecule has 0 aliphatic carbocycles. The van der Waals surface area contributed by atoms with Crippen molar-refractivity contribution in [1.82, 2.24) is 10.7 Å². The third-order valence-electron chi connectivity index (χ3n) is 5.80. The van der Waals surface area contributed by atoms with E-state index in [4.69, 9.17) is 0 Å². The second kappa shape index (κ2) is 17.7. The van der Waals surface area contributed by atoms with E-state index < -0.39 is 0 Å². The Morgan fingerprint density at radius 2 is 1.92 bits per heavy atom. The van der Waals surface area contributed by atoms with Crippen LogP contribution in [0.15, 0.2) is 87.5 Å². The number of amides is 1. The quantitative estimate of drug-likeness (QED) is 0.229. The van der Waals surface area contributed by atoms with Crippen LogP contribution in [0, 0.1) is 5.92 Å². The number of hydrogen-bond donors (Lipinski definition) is 2. The molecule has 5 nitrogen and oxygen atoms in total. The van der Waals surface area contributed by atoms with E-state index in [0.29, 0.717) is 12.8 Å². The molecular formula is C30H44N4OS. The molecule has 3 rings (SSSR count). The zero-order valence-electron chi connectivity index (χ0n) is 22.9. The maximum absolute atomic E-state index is 12.6. The molecule has 36 heavy (non-hydrogen) atoms. The number of aliphatic imine (C=N–C) groups is 1. The molecular weight excluding hydrogens is 464 g/mol. The SMILES string of the molecule is C=CCC1C=C2C/C(=C\CC)C(=O)NN=C2CC(/C(=C/N=C)SC)C(c2ccccc2)N1.CC.CC. The van der Waals surface area contributed by atoms with Crippen molar-refractivity contribution in [2.24, 2.45) is 16.0 Å². The first kappa shape index (κ1) is 31.3. The minimum Gasteiger partial charge on any atom is -0.303 e. The van der Waals surface area contributed by atoms with Gasteiger partial charge in [0.2, 0.25) is 0 Å². The summed E-state index contributed by atoms with van der Waals surface area (Å²) >= 11 is 1.68. The molecule has 2 heterocycles. The maximum atomic E-state index is 12.6. The lowest BCUT2D eigenvalue weighted by Gasteiger charge is -2.35. The molecule has 1 amide bonds. The molecule has 6 heteroatoms. The van der Waals surface area contributed by atoms with Gasteiger partial charge >= 0.3 is 0 Å². The number of rotatable bonds is 7. The number of thioether (sulfide) groups is 1. The summed E-state index contributed by atoms with van der Waals surface area (Å²) in [7, 11) is 0. The normalized spacial score (nSPS) is 22.9. The Labute approximate surface area is 223 Å². The highest BCUT2D eigenvalue weighted by atomic mass is 32.2. The van der Waals surface area contributed by atoms with Gasteiger partial charge in [0, 0.05) is 47.5 Å². The first-order chi connectivity index (χ1) is 17.6. The average molecular weight is 509 g/mol. The number of benzene rings is 1. The van der Waals surface area contributed by atoms with Crippen LogP contribution in [0.2, 0.25) is 0 Å². The molecule has 1 aromatic rings. The number of nitrogens with one attached hydrogen (secondary N) is 2. The number of nitrogens with zero attached hydrogens (tertiary/aromatic N) is 2. The molecule has 0 bridgehead atoms. The van der Waals surface area contributed by atoms with Crippen molar-refractivity contribution >= 4 is 30.1 Å².